The van der Waals surface area contributed by atoms with Crippen LogP contribution in [0.1, 0.15) is 10.5 Å². The summed E-state index contributed by atoms with van der Waals surface area (Å²) in [6.45, 7) is 0. The van der Waals surface area contributed by atoms with Crippen molar-refractivity contribution < 1.29 is 14.6 Å². The number of hydrogen-bond donors (Lipinski definition) is 1. The fourth-order valence-electron chi connectivity index (χ4n) is 1.18. The van der Waals surface area contributed by atoms with Crippen LogP contribution in [-0.4, -0.2) is 28.2 Å². The fourth-order valence-corrected chi connectivity index (χ4v) is 2.50. The lowest BCUT2D eigenvalue weighted by Crippen LogP contribution is -2.04. The van der Waals surface area contributed by atoms with Crippen molar-refractivity contribution in [2.24, 2.45) is 0 Å². The molecule has 2 aromatic rings. The third-order valence-electron chi connectivity index (χ3n) is 1.92. The van der Waals surface area contributed by atoms with Gasteiger partial charge in [-0.2, -0.15) is 4.98 Å². The molecular weight excluding hydrogens is 308 g/mol. The van der Waals surface area contributed by atoms with Crippen LogP contribution < -0.4 is 4.74 Å². The number of hydrogen-bond acceptors (Lipinski definition) is 5. The summed E-state index contributed by atoms with van der Waals surface area (Å²) < 4.78 is 5.88. The summed E-state index contributed by atoms with van der Waals surface area (Å²) in [5.41, 5.74) is -0.0867. The molecule has 0 amide bonds. The SMILES string of the molecule is COc1cc(C(=O)O)nc(-c2ccc(Br)s2)n1. The number of thiophene rings is 1. The van der Waals surface area contributed by atoms with Crippen molar-refractivity contribution >= 4 is 33.2 Å². The van der Waals surface area contributed by atoms with E-state index in [0.717, 1.165) is 8.66 Å². The molecule has 0 radical (unpaired) electrons. The van der Waals surface area contributed by atoms with Crippen molar-refractivity contribution in [3.8, 4) is 16.6 Å². The third kappa shape index (κ3) is 2.62. The summed E-state index contributed by atoms with van der Waals surface area (Å²) >= 11 is 4.75. The second kappa shape index (κ2) is 4.80. The first-order valence-corrected chi connectivity index (χ1v) is 6.13. The molecule has 1 N–H and O–H groups in total. The topological polar surface area (TPSA) is 72.3 Å². The van der Waals surface area contributed by atoms with Crippen LogP contribution in [0, 0.1) is 0 Å². The molecule has 7 heteroatoms. The molecule has 0 atom stereocenters. The molecule has 0 saturated heterocycles. The quantitative estimate of drug-likeness (QED) is 0.943. The molecule has 5 nitrogen and oxygen atoms in total. The van der Waals surface area contributed by atoms with E-state index in [1.54, 1.807) is 0 Å². The number of rotatable bonds is 3. The highest BCUT2D eigenvalue weighted by Gasteiger charge is 2.13. The van der Waals surface area contributed by atoms with Crippen LogP contribution in [0.15, 0.2) is 22.0 Å². The Morgan fingerprint density at radius 2 is 2.24 bits per heavy atom. The van der Waals surface area contributed by atoms with Crippen LogP contribution in [0.5, 0.6) is 5.88 Å². The van der Waals surface area contributed by atoms with Crippen LogP contribution in [0.25, 0.3) is 10.7 Å². The van der Waals surface area contributed by atoms with Gasteiger partial charge in [-0.15, -0.1) is 11.3 Å². The van der Waals surface area contributed by atoms with E-state index in [9.17, 15) is 4.79 Å². The lowest BCUT2D eigenvalue weighted by atomic mass is 10.3. The number of carboxylic acids is 1. The van der Waals surface area contributed by atoms with Crippen molar-refractivity contribution in [2.75, 3.05) is 7.11 Å². The predicted octanol–water partition coefficient (Wildman–Crippen LogP) is 2.67. The molecule has 0 aliphatic heterocycles. The molecule has 2 heterocycles. The van der Waals surface area contributed by atoms with E-state index in [-0.39, 0.29) is 11.6 Å². The maximum atomic E-state index is 10.9. The van der Waals surface area contributed by atoms with E-state index in [0.29, 0.717) is 5.82 Å². The Labute approximate surface area is 109 Å². The minimum atomic E-state index is -1.11. The van der Waals surface area contributed by atoms with E-state index < -0.39 is 5.97 Å². The molecule has 0 saturated carbocycles. The van der Waals surface area contributed by atoms with Gasteiger partial charge >= 0.3 is 5.97 Å². The predicted molar refractivity (Wildman–Crippen MR) is 66.6 cm³/mol. The van der Waals surface area contributed by atoms with Gasteiger partial charge in [0.15, 0.2) is 11.5 Å². The van der Waals surface area contributed by atoms with Crippen molar-refractivity contribution in [3.63, 3.8) is 0 Å². The number of carboxylic acid groups (broad SMARTS) is 1. The van der Waals surface area contributed by atoms with Gasteiger partial charge in [-0.25, -0.2) is 9.78 Å². The van der Waals surface area contributed by atoms with E-state index in [1.807, 2.05) is 12.1 Å². The van der Waals surface area contributed by atoms with Crippen LogP contribution >= 0.6 is 27.3 Å². The summed E-state index contributed by atoms with van der Waals surface area (Å²) in [5.74, 6) is -0.531. The number of methoxy groups -OCH3 is 1. The van der Waals surface area contributed by atoms with Gasteiger partial charge in [0.05, 0.1) is 15.8 Å². The van der Waals surface area contributed by atoms with Crippen molar-refractivity contribution in [2.45, 2.75) is 0 Å². The lowest BCUT2D eigenvalue weighted by Gasteiger charge is -2.03. The van der Waals surface area contributed by atoms with Gasteiger partial charge < -0.3 is 9.84 Å². The number of nitrogens with zero attached hydrogens (tertiary/aromatic N) is 2. The smallest absolute Gasteiger partial charge is 0.354 e. The van der Waals surface area contributed by atoms with E-state index >= 15 is 0 Å². The molecular formula is C10H7BrN2O3S. The van der Waals surface area contributed by atoms with E-state index in [4.69, 9.17) is 9.84 Å². The van der Waals surface area contributed by atoms with Gasteiger partial charge in [0, 0.05) is 6.07 Å². The number of aromatic carboxylic acids is 1. The molecule has 2 rings (SSSR count). The van der Waals surface area contributed by atoms with Gasteiger partial charge in [0.25, 0.3) is 0 Å². The van der Waals surface area contributed by atoms with Gasteiger partial charge in [0.2, 0.25) is 5.88 Å². The summed E-state index contributed by atoms with van der Waals surface area (Å²) in [6, 6.07) is 4.95. The van der Waals surface area contributed by atoms with Gasteiger partial charge in [-0.3, -0.25) is 0 Å². The summed E-state index contributed by atoms with van der Waals surface area (Å²) in [4.78, 5) is 19.8. The first-order chi connectivity index (χ1) is 8.10. The van der Waals surface area contributed by atoms with E-state index in [1.165, 1.54) is 24.5 Å². The highest BCUT2D eigenvalue weighted by atomic mass is 79.9. The minimum Gasteiger partial charge on any atom is -0.481 e. The molecule has 88 valence electrons. The van der Waals surface area contributed by atoms with Gasteiger partial charge in [0.1, 0.15) is 0 Å². The summed E-state index contributed by atoms with van der Waals surface area (Å²) in [5, 5.41) is 8.93. The van der Waals surface area contributed by atoms with Gasteiger partial charge in [-0.05, 0) is 28.1 Å². The summed E-state index contributed by atoms with van der Waals surface area (Å²) in [7, 11) is 1.43. The Hall–Kier alpha value is -1.47. The number of carbonyl (C=O) groups is 1. The zero-order valence-corrected chi connectivity index (χ0v) is 11.1. The molecule has 0 aromatic carbocycles. The van der Waals surface area contributed by atoms with Crippen LogP contribution in [0.3, 0.4) is 0 Å². The zero-order valence-electron chi connectivity index (χ0n) is 8.68. The molecule has 0 aliphatic rings. The Balaban J connectivity index is 2.53. The first kappa shape index (κ1) is 12.0. The maximum Gasteiger partial charge on any atom is 0.354 e. The molecule has 0 aliphatic carbocycles. The number of aromatic nitrogens is 2. The van der Waals surface area contributed by atoms with Crippen molar-refractivity contribution in [1.82, 2.24) is 9.97 Å². The van der Waals surface area contributed by atoms with Crippen LogP contribution in [0.2, 0.25) is 0 Å². The Kier molecular flexibility index (Phi) is 3.39. The Morgan fingerprint density at radius 3 is 2.76 bits per heavy atom. The number of ether oxygens (including phenoxy) is 1. The Morgan fingerprint density at radius 1 is 1.47 bits per heavy atom. The van der Waals surface area contributed by atoms with Crippen molar-refractivity contribution in [3.05, 3.63) is 27.7 Å². The minimum absolute atomic E-state index is 0.0867. The maximum absolute atomic E-state index is 10.9. The van der Waals surface area contributed by atoms with Crippen LogP contribution in [0.4, 0.5) is 0 Å². The summed E-state index contributed by atoms with van der Waals surface area (Å²) in [6.07, 6.45) is 0. The molecule has 0 unspecified atom stereocenters. The average molecular weight is 315 g/mol. The highest BCUT2D eigenvalue weighted by molar-refractivity contribution is 9.11. The third-order valence-corrected chi connectivity index (χ3v) is 3.54. The first-order valence-electron chi connectivity index (χ1n) is 4.52. The molecule has 2 aromatic heterocycles. The Bertz CT molecular complexity index is 570. The lowest BCUT2D eigenvalue weighted by molar-refractivity contribution is 0.0690. The highest BCUT2D eigenvalue weighted by Crippen LogP contribution is 2.30. The largest absolute Gasteiger partial charge is 0.481 e. The van der Waals surface area contributed by atoms with E-state index in [2.05, 4.69) is 25.9 Å². The zero-order chi connectivity index (χ0) is 12.4. The van der Waals surface area contributed by atoms with Crippen molar-refractivity contribution in [1.29, 1.82) is 0 Å². The standard InChI is InChI=1S/C10H7BrN2O3S/c1-16-8-4-5(10(14)15)12-9(13-8)6-2-3-7(11)17-6/h2-4H,1H3,(H,14,15). The normalized spacial score (nSPS) is 10.2. The van der Waals surface area contributed by atoms with Crippen LogP contribution in [-0.2, 0) is 0 Å². The number of halogens is 1. The molecule has 0 spiro atoms. The average Bonchev–Trinajstić information content (AvgIpc) is 2.75. The monoisotopic (exact) mass is 314 g/mol. The molecule has 17 heavy (non-hydrogen) atoms. The second-order valence-electron chi connectivity index (χ2n) is 3.03. The second-order valence-corrected chi connectivity index (χ2v) is 5.49. The van der Waals surface area contributed by atoms with Gasteiger partial charge in [-0.1, -0.05) is 0 Å². The molecule has 0 bridgehead atoms. The fraction of sp³-hybridized carbons (Fsp3) is 0.100. The molecule has 0 fully saturated rings.